The van der Waals surface area contributed by atoms with Crippen molar-refractivity contribution in [3.8, 4) is 11.1 Å². The average molecular weight is 477 g/mol. The van der Waals surface area contributed by atoms with Crippen molar-refractivity contribution < 1.29 is 9.59 Å². The van der Waals surface area contributed by atoms with Crippen LogP contribution in [0, 0.1) is 18.1 Å². The first-order valence-electron chi connectivity index (χ1n) is 12.6. The molecule has 3 aliphatic rings. The van der Waals surface area contributed by atoms with Gasteiger partial charge in [0.25, 0.3) is 5.91 Å². The minimum absolute atomic E-state index is 0.258. The Hall–Kier alpha value is -4.11. The number of urea groups is 1. The molecule has 36 heavy (non-hydrogen) atoms. The molecule has 0 spiro atoms. The Morgan fingerprint density at radius 2 is 1.58 bits per heavy atom. The van der Waals surface area contributed by atoms with Gasteiger partial charge in [-0.25, -0.2) is 4.79 Å². The van der Waals surface area contributed by atoms with E-state index in [1.165, 1.54) is 11.3 Å². The summed E-state index contributed by atoms with van der Waals surface area (Å²) in [5, 5.41) is 5.98. The highest BCUT2D eigenvalue weighted by molar-refractivity contribution is 6.13. The van der Waals surface area contributed by atoms with Crippen molar-refractivity contribution in [2.45, 2.75) is 44.3 Å². The van der Waals surface area contributed by atoms with Crippen molar-refractivity contribution in [3.05, 3.63) is 89.5 Å². The van der Waals surface area contributed by atoms with E-state index in [0.29, 0.717) is 5.69 Å². The fourth-order valence-corrected chi connectivity index (χ4v) is 5.81. The Bertz CT molecular complexity index is 1310. The quantitative estimate of drug-likeness (QED) is 0.557. The summed E-state index contributed by atoms with van der Waals surface area (Å²) in [6.07, 6.45) is 4.56. The molecule has 180 valence electrons. The molecular weight excluding hydrogens is 448 g/mol. The lowest BCUT2D eigenvalue weighted by Crippen LogP contribution is -2.50. The molecule has 1 saturated carbocycles. The van der Waals surface area contributed by atoms with Crippen LogP contribution in [0.5, 0.6) is 0 Å². The van der Waals surface area contributed by atoms with E-state index in [0.717, 1.165) is 59.2 Å². The summed E-state index contributed by atoms with van der Waals surface area (Å²) in [6, 6.07) is 25.3. The van der Waals surface area contributed by atoms with Gasteiger partial charge in [0.15, 0.2) is 0 Å². The van der Waals surface area contributed by atoms with Crippen LogP contribution in [0.4, 0.5) is 10.5 Å². The summed E-state index contributed by atoms with van der Waals surface area (Å²) in [7, 11) is 1.71. The van der Waals surface area contributed by atoms with Crippen molar-refractivity contribution in [2.75, 3.05) is 11.9 Å². The van der Waals surface area contributed by atoms with E-state index in [4.69, 9.17) is 4.99 Å². The molecule has 6 rings (SSSR count). The number of hydrogen-bond donors (Lipinski definition) is 2. The Balaban J connectivity index is 1.30. The smallest absolute Gasteiger partial charge is 0.317 e. The molecule has 1 unspecified atom stereocenters. The number of anilines is 1. The Labute approximate surface area is 211 Å². The van der Waals surface area contributed by atoms with E-state index < -0.39 is 12.2 Å². The standard InChI is InChI=1S/C30H28N4O2/c1-34-25-18-10-9-17-24(25)26(19-11-3-2-4-12-19)31-28(29(34)35)33-30(36)32-27-22-15-7-5-13-20(22)21-14-6-8-16-23(21)27/h5-9,13-17,19,27-28H,2-4,11-12H2,1H3,(H2,32,33,36). The number of carbonyl (C=O) groups is 2. The molecule has 0 radical (unpaired) electrons. The van der Waals surface area contributed by atoms with Crippen LogP contribution in [-0.4, -0.2) is 30.9 Å². The van der Waals surface area contributed by atoms with Crippen molar-refractivity contribution >= 4 is 23.3 Å². The molecule has 6 heteroatoms. The Morgan fingerprint density at radius 3 is 2.28 bits per heavy atom. The van der Waals surface area contributed by atoms with Crippen LogP contribution in [0.3, 0.4) is 0 Å². The predicted octanol–water partition coefficient (Wildman–Crippen LogP) is 5.03. The van der Waals surface area contributed by atoms with Crippen LogP contribution in [-0.2, 0) is 4.79 Å². The van der Waals surface area contributed by atoms with Crippen molar-refractivity contribution in [1.29, 1.82) is 0 Å². The molecule has 0 aromatic heterocycles. The minimum atomic E-state index is -1.01. The first-order valence-corrected chi connectivity index (χ1v) is 12.6. The van der Waals surface area contributed by atoms with Crippen LogP contribution in [0.15, 0.2) is 65.7 Å². The summed E-state index contributed by atoms with van der Waals surface area (Å²) < 4.78 is 0. The number of nitrogens with one attached hydrogen (secondary N) is 2. The van der Waals surface area contributed by atoms with Crippen LogP contribution < -0.4 is 15.5 Å². The summed E-state index contributed by atoms with van der Waals surface area (Å²) in [4.78, 5) is 33.2. The van der Waals surface area contributed by atoms with Gasteiger partial charge in [0.05, 0.1) is 11.8 Å². The van der Waals surface area contributed by atoms with Crippen LogP contribution in [0.25, 0.3) is 11.1 Å². The molecule has 1 fully saturated rings. The van der Waals surface area contributed by atoms with Gasteiger partial charge < -0.3 is 15.5 Å². The van der Waals surface area contributed by atoms with Crippen LogP contribution in [0.2, 0.25) is 0 Å². The molecule has 6 nitrogen and oxygen atoms in total. The molecule has 2 N–H and O–H groups in total. The molecule has 1 heterocycles. The second kappa shape index (κ2) is 9.16. The molecule has 1 atom stereocenters. The van der Waals surface area contributed by atoms with E-state index in [9.17, 15) is 9.59 Å². The Morgan fingerprint density at radius 1 is 0.917 bits per heavy atom. The lowest BCUT2D eigenvalue weighted by atomic mass is 9.83. The van der Waals surface area contributed by atoms with Gasteiger partial charge in [-0.1, -0.05) is 73.9 Å². The summed E-state index contributed by atoms with van der Waals surface area (Å²) in [5.41, 5.74) is 6.76. The number of likely N-dealkylation sites (N-methyl/N-ethyl adjacent to an activating group) is 1. The maximum absolute atomic E-state index is 13.4. The zero-order valence-electron chi connectivity index (χ0n) is 20.3. The molecule has 3 aromatic rings. The molecule has 3 aromatic carbocycles. The highest BCUT2D eigenvalue weighted by Crippen LogP contribution is 2.43. The largest absolute Gasteiger partial charge is 0.327 e. The van der Waals surface area contributed by atoms with Gasteiger partial charge in [0, 0.05) is 18.5 Å². The van der Waals surface area contributed by atoms with E-state index in [2.05, 4.69) is 34.9 Å². The van der Waals surface area contributed by atoms with E-state index in [-0.39, 0.29) is 17.9 Å². The molecule has 3 amide bonds. The number of carbonyl (C=O) groups excluding carboxylic acids is 2. The van der Waals surface area contributed by atoms with E-state index in [1.807, 2.05) is 48.5 Å². The highest BCUT2D eigenvalue weighted by Gasteiger charge is 2.35. The number of amides is 3. The number of nitrogens with zero attached hydrogens (tertiary/aromatic N) is 2. The molecule has 0 bridgehead atoms. The number of aliphatic imine (C=N–C) groups is 1. The third kappa shape index (κ3) is 3.81. The SMILES string of the molecule is CN1C(=O)C(NC(=O)NC2c3ccccc3-c3ccccc32)N=C(C2CCCCC2)c2ccc#cc21. The zero-order chi connectivity index (χ0) is 24.6. The maximum atomic E-state index is 13.4. The third-order valence-electron chi connectivity index (χ3n) is 7.59. The fourth-order valence-electron chi connectivity index (χ4n) is 5.81. The Kier molecular flexibility index (Phi) is 5.69. The topological polar surface area (TPSA) is 73.8 Å². The number of benzene rings is 2. The normalized spacial score (nSPS) is 19.4. The lowest BCUT2D eigenvalue weighted by Gasteiger charge is -2.24. The molecule has 0 saturated heterocycles. The first kappa shape index (κ1) is 22.4. The average Bonchev–Trinajstić information content (AvgIpc) is 3.19. The fraction of sp³-hybridized carbons (Fsp3) is 0.300. The minimum Gasteiger partial charge on any atom is -0.327 e. The predicted molar refractivity (Wildman–Crippen MR) is 140 cm³/mol. The van der Waals surface area contributed by atoms with Crippen LogP contribution in [0.1, 0.15) is 54.8 Å². The van der Waals surface area contributed by atoms with Gasteiger partial charge in [-0.3, -0.25) is 9.79 Å². The summed E-state index contributed by atoms with van der Waals surface area (Å²) in [5.74, 6) is -0.0335. The second-order valence-electron chi connectivity index (χ2n) is 9.74. The van der Waals surface area contributed by atoms with Crippen LogP contribution >= 0.6 is 0 Å². The summed E-state index contributed by atoms with van der Waals surface area (Å²) >= 11 is 0. The first-order chi connectivity index (χ1) is 17.6. The van der Waals surface area contributed by atoms with Gasteiger partial charge in [-0.2, -0.15) is 0 Å². The number of fused-ring (bicyclic) bond motifs is 4. The molecular formula is C30H28N4O2. The maximum Gasteiger partial charge on any atom is 0.317 e. The van der Waals surface area contributed by atoms with Gasteiger partial charge in [-0.05, 0) is 53.3 Å². The van der Waals surface area contributed by atoms with Crippen molar-refractivity contribution in [1.82, 2.24) is 10.6 Å². The highest BCUT2D eigenvalue weighted by atomic mass is 16.2. The van der Waals surface area contributed by atoms with Gasteiger partial charge in [0.1, 0.15) is 5.69 Å². The van der Waals surface area contributed by atoms with E-state index >= 15 is 0 Å². The number of hydrogen-bond acceptors (Lipinski definition) is 3. The second-order valence-corrected chi connectivity index (χ2v) is 9.74. The summed E-state index contributed by atoms with van der Waals surface area (Å²) in [6.45, 7) is 0. The van der Waals surface area contributed by atoms with Gasteiger partial charge in [-0.15, -0.1) is 0 Å². The lowest BCUT2D eigenvalue weighted by molar-refractivity contribution is -0.119. The van der Waals surface area contributed by atoms with Crippen molar-refractivity contribution in [3.63, 3.8) is 0 Å². The monoisotopic (exact) mass is 476 g/mol. The van der Waals surface area contributed by atoms with E-state index in [1.54, 1.807) is 7.05 Å². The van der Waals surface area contributed by atoms with Gasteiger partial charge in [0.2, 0.25) is 6.17 Å². The van der Waals surface area contributed by atoms with Gasteiger partial charge >= 0.3 is 6.03 Å². The number of rotatable bonds is 3. The molecule has 2 aliphatic carbocycles. The van der Waals surface area contributed by atoms with Crippen molar-refractivity contribution in [2.24, 2.45) is 10.9 Å². The third-order valence-corrected chi connectivity index (χ3v) is 7.59. The zero-order valence-corrected chi connectivity index (χ0v) is 20.3. The molecule has 1 aliphatic heterocycles.